The number of halogens is 1. The van der Waals surface area contributed by atoms with Crippen LogP contribution in [0.25, 0.3) is 10.9 Å². The molecule has 1 aromatic carbocycles. The highest BCUT2D eigenvalue weighted by atomic mass is 79.9. The van der Waals surface area contributed by atoms with Gasteiger partial charge in [0, 0.05) is 53.8 Å². The Morgan fingerprint density at radius 3 is 2.76 bits per heavy atom. The van der Waals surface area contributed by atoms with Gasteiger partial charge in [0.15, 0.2) is 0 Å². The Morgan fingerprint density at radius 1 is 1.29 bits per heavy atom. The predicted octanol–water partition coefficient (Wildman–Crippen LogP) is 3.92. The molecule has 1 saturated heterocycles. The second-order valence-electron chi connectivity index (χ2n) is 6.05. The van der Waals surface area contributed by atoms with Crippen LogP contribution in [0.3, 0.4) is 0 Å². The maximum atomic E-state index is 3.61. The number of hydrogen-bond donors (Lipinski definition) is 2. The number of fused-ring (bicyclic) bond motifs is 1. The molecular weight excluding hydrogens is 326 g/mol. The van der Waals surface area contributed by atoms with Crippen LogP contribution in [-0.4, -0.2) is 36.1 Å². The van der Waals surface area contributed by atoms with Crippen LogP contribution in [0.1, 0.15) is 31.9 Å². The zero-order chi connectivity index (χ0) is 14.8. The summed E-state index contributed by atoms with van der Waals surface area (Å²) >= 11 is 3.61. The van der Waals surface area contributed by atoms with Gasteiger partial charge in [0.25, 0.3) is 0 Å². The third-order valence-electron chi connectivity index (χ3n) is 4.72. The lowest BCUT2D eigenvalue weighted by Gasteiger charge is -2.38. The Bertz CT molecular complexity index is 601. The van der Waals surface area contributed by atoms with Crippen molar-refractivity contribution in [3.8, 4) is 0 Å². The van der Waals surface area contributed by atoms with Crippen molar-refractivity contribution in [2.45, 2.75) is 26.3 Å². The summed E-state index contributed by atoms with van der Waals surface area (Å²) in [6, 6.07) is 7.01. The van der Waals surface area contributed by atoms with Gasteiger partial charge in [0.2, 0.25) is 0 Å². The maximum Gasteiger partial charge on any atom is 0.0458 e. The summed E-state index contributed by atoms with van der Waals surface area (Å²) in [5, 5.41) is 4.82. The van der Waals surface area contributed by atoms with E-state index in [1.165, 1.54) is 22.9 Å². The van der Waals surface area contributed by atoms with Crippen molar-refractivity contribution < 1.29 is 0 Å². The van der Waals surface area contributed by atoms with Gasteiger partial charge < -0.3 is 10.3 Å². The number of piperazine rings is 1. The van der Waals surface area contributed by atoms with Crippen LogP contribution in [0.4, 0.5) is 0 Å². The van der Waals surface area contributed by atoms with Crippen molar-refractivity contribution in [2.75, 3.05) is 26.2 Å². The lowest BCUT2D eigenvalue weighted by molar-refractivity contribution is 0.129. The summed E-state index contributed by atoms with van der Waals surface area (Å²) in [6.45, 7) is 9.14. The summed E-state index contributed by atoms with van der Waals surface area (Å²) in [6.07, 6.45) is 3.42. The number of aromatic nitrogens is 1. The van der Waals surface area contributed by atoms with E-state index in [0.29, 0.717) is 12.0 Å². The molecule has 1 unspecified atom stereocenters. The van der Waals surface area contributed by atoms with Crippen molar-refractivity contribution in [3.63, 3.8) is 0 Å². The van der Waals surface area contributed by atoms with Crippen LogP contribution in [0.5, 0.6) is 0 Å². The highest BCUT2D eigenvalue weighted by Crippen LogP contribution is 2.36. The molecule has 1 aliphatic heterocycles. The fraction of sp³-hybridized carbons (Fsp3) is 0.529. The number of aromatic amines is 1. The van der Waals surface area contributed by atoms with Gasteiger partial charge in [-0.2, -0.15) is 0 Å². The van der Waals surface area contributed by atoms with Crippen LogP contribution in [-0.2, 0) is 0 Å². The van der Waals surface area contributed by atoms with E-state index < -0.39 is 0 Å². The van der Waals surface area contributed by atoms with Gasteiger partial charge in [-0.25, -0.2) is 0 Å². The monoisotopic (exact) mass is 349 g/mol. The number of rotatable bonds is 4. The topological polar surface area (TPSA) is 31.1 Å². The van der Waals surface area contributed by atoms with E-state index >= 15 is 0 Å². The first-order valence-corrected chi connectivity index (χ1v) is 8.71. The van der Waals surface area contributed by atoms with Crippen molar-refractivity contribution in [1.29, 1.82) is 0 Å². The Balaban J connectivity index is 2.02. The molecule has 0 saturated carbocycles. The highest BCUT2D eigenvalue weighted by molar-refractivity contribution is 9.10. The average molecular weight is 350 g/mol. The minimum atomic E-state index is 0.500. The van der Waals surface area contributed by atoms with Gasteiger partial charge in [-0.15, -0.1) is 0 Å². The molecule has 1 aliphatic rings. The van der Waals surface area contributed by atoms with Crippen LogP contribution in [0.2, 0.25) is 0 Å². The quantitative estimate of drug-likeness (QED) is 0.876. The molecule has 21 heavy (non-hydrogen) atoms. The lowest BCUT2D eigenvalue weighted by atomic mass is 9.90. The maximum absolute atomic E-state index is 3.61. The Hall–Kier alpha value is -0.840. The standard InChI is InChI=1S/C17H24BrN3/c1-3-12(2)17(21-8-6-19-7-9-21)15-11-20-16-5-4-13(18)10-14(15)16/h4-5,10-12,17,19-20H,3,6-9H2,1-2H3/t12?,17-/m0/s1. The van der Waals surface area contributed by atoms with Crippen LogP contribution >= 0.6 is 15.9 Å². The molecule has 3 rings (SSSR count). The summed E-state index contributed by atoms with van der Waals surface area (Å²) in [7, 11) is 0. The van der Waals surface area contributed by atoms with Crippen LogP contribution in [0, 0.1) is 5.92 Å². The van der Waals surface area contributed by atoms with E-state index in [-0.39, 0.29) is 0 Å². The van der Waals surface area contributed by atoms with E-state index in [9.17, 15) is 0 Å². The molecule has 2 heterocycles. The minimum Gasteiger partial charge on any atom is -0.361 e. The Kier molecular flexibility index (Phi) is 4.67. The van der Waals surface area contributed by atoms with E-state index in [0.717, 1.165) is 30.7 Å². The Labute approximate surface area is 135 Å². The molecule has 2 atom stereocenters. The van der Waals surface area contributed by atoms with Gasteiger partial charge in [-0.05, 0) is 29.7 Å². The molecule has 0 aliphatic carbocycles. The van der Waals surface area contributed by atoms with E-state index in [2.05, 4.69) is 69.4 Å². The molecule has 0 amide bonds. The van der Waals surface area contributed by atoms with Crippen molar-refractivity contribution in [1.82, 2.24) is 15.2 Å². The number of nitrogens with zero attached hydrogens (tertiary/aromatic N) is 1. The van der Waals surface area contributed by atoms with Crippen LogP contribution < -0.4 is 5.32 Å². The van der Waals surface area contributed by atoms with Crippen molar-refractivity contribution in [2.24, 2.45) is 5.92 Å². The molecule has 2 N–H and O–H groups in total. The number of hydrogen-bond acceptors (Lipinski definition) is 2. The first-order valence-electron chi connectivity index (χ1n) is 7.92. The minimum absolute atomic E-state index is 0.500. The van der Waals surface area contributed by atoms with Gasteiger partial charge in [-0.1, -0.05) is 36.2 Å². The first-order chi connectivity index (χ1) is 10.2. The molecule has 0 bridgehead atoms. The van der Waals surface area contributed by atoms with Crippen LogP contribution in [0.15, 0.2) is 28.9 Å². The zero-order valence-electron chi connectivity index (χ0n) is 12.8. The SMILES string of the molecule is CCC(C)[C@@H](c1c[nH]c2ccc(Br)cc12)N1CCNCC1. The molecule has 0 spiro atoms. The number of benzene rings is 1. The number of H-pyrrole nitrogens is 1. The molecule has 1 aromatic heterocycles. The lowest BCUT2D eigenvalue weighted by Crippen LogP contribution is -2.46. The van der Waals surface area contributed by atoms with E-state index in [4.69, 9.17) is 0 Å². The first kappa shape index (κ1) is 15.1. The fourth-order valence-corrected chi connectivity index (χ4v) is 3.77. The molecule has 1 fully saturated rings. The zero-order valence-corrected chi connectivity index (χ0v) is 14.4. The normalized spacial score (nSPS) is 19.8. The highest BCUT2D eigenvalue weighted by Gasteiger charge is 2.28. The van der Waals surface area contributed by atoms with Crippen molar-refractivity contribution in [3.05, 3.63) is 34.4 Å². The summed E-state index contributed by atoms with van der Waals surface area (Å²) < 4.78 is 1.15. The van der Waals surface area contributed by atoms with Gasteiger partial charge in [0.05, 0.1) is 0 Å². The summed E-state index contributed by atoms with van der Waals surface area (Å²) in [4.78, 5) is 6.10. The fourth-order valence-electron chi connectivity index (χ4n) is 3.41. The average Bonchev–Trinajstić information content (AvgIpc) is 2.91. The third-order valence-corrected chi connectivity index (χ3v) is 5.22. The molecule has 3 nitrogen and oxygen atoms in total. The summed E-state index contributed by atoms with van der Waals surface area (Å²) in [5.74, 6) is 0.654. The van der Waals surface area contributed by atoms with Crippen molar-refractivity contribution >= 4 is 26.8 Å². The third kappa shape index (κ3) is 3.03. The van der Waals surface area contributed by atoms with E-state index in [1.54, 1.807) is 0 Å². The molecule has 2 aromatic rings. The number of nitrogens with one attached hydrogen (secondary N) is 2. The molecule has 114 valence electrons. The van der Waals surface area contributed by atoms with Gasteiger partial charge in [0.1, 0.15) is 0 Å². The van der Waals surface area contributed by atoms with Gasteiger partial charge >= 0.3 is 0 Å². The Morgan fingerprint density at radius 2 is 2.05 bits per heavy atom. The molecular formula is C17H24BrN3. The molecule has 0 radical (unpaired) electrons. The van der Waals surface area contributed by atoms with Gasteiger partial charge in [-0.3, -0.25) is 4.90 Å². The second-order valence-corrected chi connectivity index (χ2v) is 6.97. The largest absolute Gasteiger partial charge is 0.361 e. The smallest absolute Gasteiger partial charge is 0.0458 e. The second kappa shape index (κ2) is 6.51. The van der Waals surface area contributed by atoms with E-state index in [1.807, 2.05) is 0 Å². The molecule has 4 heteroatoms. The predicted molar refractivity (Wildman–Crippen MR) is 92.6 cm³/mol. The summed E-state index contributed by atoms with van der Waals surface area (Å²) in [5.41, 5.74) is 2.68.